The Hall–Kier alpha value is 0.230. The van der Waals surface area contributed by atoms with Gasteiger partial charge in [0.2, 0.25) is 5.91 Å². The summed E-state index contributed by atoms with van der Waals surface area (Å²) in [4.78, 5) is 11.3. The van der Waals surface area contributed by atoms with Crippen LogP contribution in [-0.2, 0) is 4.79 Å². The number of benzene rings is 1. The molecule has 1 aromatic rings. The van der Waals surface area contributed by atoms with Crippen molar-refractivity contribution in [2.24, 2.45) is 0 Å². The van der Waals surface area contributed by atoms with Crippen molar-refractivity contribution in [1.82, 2.24) is 0 Å². The highest BCUT2D eigenvalue weighted by atomic mass is 79.9. The Balaban J connectivity index is 2.90. The third-order valence-corrected chi connectivity index (χ3v) is 3.04. The fraction of sp³-hybridized carbons (Fsp3) is 0.222. The van der Waals surface area contributed by atoms with Gasteiger partial charge in [-0.25, -0.2) is 0 Å². The fourth-order valence-electron chi connectivity index (χ4n) is 0.949. The second kappa shape index (κ2) is 6.09. The van der Waals surface area contributed by atoms with Gasteiger partial charge in [-0.3, -0.25) is 4.79 Å². The van der Waals surface area contributed by atoms with Crippen molar-refractivity contribution in [2.45, 2.75) is 6.42 Å². The van der Waals surface area contributed by atoms with Gasteiger partial charge in [0.25, 0.3) is 0 Å². The molecule has 1 amide bonds. The predicted molar refractivity (Wildman–Crippen MR) is 71.2 cm³/mol. The van der Waals surface area contributed by atoms with Crippen LogP contribution in [0.4, 0.5) is 5.69 Å². The van der Waals surface area contributed by atoms with E-state index in [0.717, 1.165) is 4.47 Å². The number of hydrogen-bond acceptors (Lipinski definition) is 1. The average Bonchev–Trinajstić information content (AvgIpc) is 2.11. The molecule has 0 heterocycles. The minimum Gasteiger partial charge on any atom is -0.324 e. The van der Waals surface area contributed by atoms with Crippen LogP contribution in [0, 0.1) is 0 Å². The monoisotopic (exact) mass is 373 g/mol. The van der Waals surface area contributed by atoms with Gasteiger partial charge in [0.1, 0.15) is 0 Å². The Bertz CT molecular complexity index is 361. The molecule has 1 aromatic carbocycles. The minimum absolute atomic E-state index is 0.127. The maximum atomic E-state index is 11.3. The van der Waals surface area contributed by atoms with Crippen LogP contribution in [0.3, 0.4) is 0 Å². The van der Waals surface area contributed by atoms with Crippen molar-refractivity contribution in [2.75, 3.05) is 10.6 Å². The van der Waals surface area contributed by atoms with E-state index in [-0.39, 0.29) is 5.91 Å². The van der Waals surface area contributed by atoms with E-state index in [9.17, 15) is 4.79 Å². The summed E-state index contributed by atoms with van der Waals surface area (Å²) in [6.07, 6.45) is 0.378. The molecule has 2 nitrogen and oxygen atoms in total. The Morgan fingerprint density at radius 2 is 1.87 bits per heavy atom. The highest BCUT2D eigenvalue weighted by molar-refractivity contribution is 9.10. The Kier molecular flexibility index (Phi) is 5.39. The van der Waals surface area contributed by atoms with Crippen LogP contribution in [0.1, 0.15) is 6.42 Å². The minimum atomic E-state index is -0.127. The van der Waals surface area contributed by atoms with Gasteiger partial charge in [0, 0.05) is 16.2 Å². The van der Waals surface area contributed by atoms with Crippen LogP contribution < -0.4 is 5.32 Å². The van der Waals surface area contributed by atoms with Gasteiger partial charge in [0.15, 0.2) is 0 Å². The zero-order chi connectivity index (χ0) is 11.4. The number of amides is 1. The molecule has 0 aliphatic carbocycles. The smallest absolute Gasteiger partial charge is 0.225 e. The van der Waals surface area contributed by atoms with Crippen LogP contribution in [0.25, 0.3) is 0 Å². The molecule has 1 rings (SSSR count). The molecular formula is C9H7Br2Cl2NO. The van der Waals surface area contributed by atoms with Gasteiger partial charge in [-0.2, -0.15) is 0 Å². The molecule has 0 atom stereocenters. The molecule has 0 aromatic heterocycles. The lowest BCUT2D eigenvalue weighted by Crippen LogP contribution is -2.12. The first-order valence-electron chi connectivity index (χ1n) is 4.05. The number of halogens is 4. The first kappa shape index (κ1) is 13.3. The van der Waals surface area contributed by atoms with E-state index >= 15 is 0 Å². The van der Waals surface area contributed by atoms with Crippen LogP contribution in [0.5, 0.6) is 0 Å². The molecule has 0 bridgehead atoms. The molecule has 0 aliphatic heterocycles. The highest BCUT2D eigenvalue weighted by Gasteiger charge is 2.10. The molecule has 0 fully saturated rings. The lowest BCUT2D eigenvalue weighted by Gasteiger charge is -2.09. The second-order valence-corrected chi connectivity index (χ2v) is 5.25. The van der Waals surface area contributed by atoms with Crippen molar-refractivity contribution >= 4 is 66.7 Å². The molecule has 0 spiro atoms. The number of carbonyl (C=O) groups excluding carboxylic acids is 1. The standard InChI is InChI=1S/C9H7Br2Cl2NO/c10-2-1-8(15)14-9-6(12)3-5(11)4-7(9)13/h3-4H,1-2H2,(H,14,15). The van der Waals surface area contributed by atoms with E-state index in [2.05, 4.69) is 37.2 Å². The van der Waals surface area contributed by atoms with E-state index in [0.29, 0.717) is 27.5 Å². The van der Waals surface area contributed by atoms with Gasteiger partial charge in [0.05, 0.1) is 15.7 Å². The number of hydrogen-bond donors (Lipinski definition) is 1. The molecule has 15 heavy (non-hydrogen) atoms. The molecule has 0 unspecified atom stereocenters. The Labute approximate surface area is 115 Å². The Morgan fingerprint density at radius 1 is 1.33 bits per heavy atom. The van der Waals surface area contributed by atoms with E-state index in [1.54, 1.807) is 12.1 Å². The number of anilines is 1. The van der Waals surface area contributed by atoms with E-state index in [1.807, 2.05) is 0 Å². The predicted octanol–water partition coefficient (Wildman–Crippen LogP) is 4.48. The molecule has 1 N–H and O–H groups in total. The van der Waals surface area contributed by atoms with Gasteiger partial charge in [-0.05, 0) is 12.1 Å². The van der Waals surface area contributed by atoms with Crippen molar-refractivity contribution in [3.05, 3.63) is 26.7 Å². The van der Waals surface area contributed by atoms with Gasteiger partial charge < -0.3 is 5.32 Å². The topological polar surface area (TPSA) is 29.1 Å². The van der Waals surface area contributed by atoms with Crippen LogP contribution in [-0.4, -0.2) is 11.2 Å². The average molecular weight is 376 g/mol. The number of carbonyl (C=O) groups is 1. The van der Waals surface area contributed by atoms with E-state index in [4.69, 9.17) is 23.2 Å². The van der Waals surface area contributed by atoms with Gasteiger partial charge in [-0.15, -0.1) is 0 Å². The lowest BCUT2D eigenvalue weighted by molar-refractivity contribution is -0.115. The quantitative estimate of drug-likeness (QED) is 0.775. The van der Waals surface area contributed by atoms with Gasteiger partial charge in [-0.1, -0.05) is 55.1 Å². The summed E-state index contributed by atoms with van der Waals surface area (Å²) in [6, 6.07) is 3.36. The Morgan fingerprint density at radius 3 is 2.33 bits per heavy atom. The molecule has 0 radical (unpaired) electrons. The summed E-state index contributed by atoms with van der Waals surface area (Å²) in [7, 11) is 0. The number of rotatable bonds is 3. The lowest BCUT2D eigenvalue weighted by atomic mass is 10.3. The molecular weight excluding hydrogens is 369 g/mol. The SMILES string of the molecule is O=C(CCBr)Nc1c(Cl)cc(Br)cc1Cl. The molecule has 0 saturated carbocycles. The van der Waals surface area contributed by atoms with Crippen molar-refractivity contribution in [3.63, 3.8) is 0 Å². The normalized spacial score (nSPS) is 10.1. The molecule has 82 valence electrons. The largest absolute Gasteiger partial charge is 0.324 e. The maximum Gasteiger partial charge on any atom is 0.225 e. The molecule has 0 aliphatic rings. The summed E-state index contributed by atoms with van der Waals surface area (Å²) in [5.41, 5.74) is 0.451. The van der Waals surface area contributed by atoms with Crippen molar-refractivity contribution < 1.29 is 4.79 Å². The zero-order valence-electron chi connectivity index (χ0n) is 7.49. The second-order valence-electron chi connectivity index (χ2n) is 2.73. The third kappa shape index (κ3) is 3.94. The summed E-state index contributed by atoms with van der Waals surface area (Å²) in [5.74, 6) is -0.127. The summed E-state index contributed by atoms with van der Waals surface area (Å²) in [5, 5.41) is 4.08. The first-order chi connectivity index (χ1) is 7.04. The summed E-state index contributed by atoms with van der Waals surface area (Å²) >= 11 is 18.3. The third-order valence-electron chi connectivity index (χ3n) is 1.59. The molecule has 0 saturated heterocycles. The molecule has 6 heteroatoms. The first-order valence-corrected chi connectivity index (χ1v) is 6.72. The summed E-state index contributed by atoms with van der Waals surface area (Å²) < 4.78 is 0.774. The van der Waals surface area contributed by atoms with Gasteiger partial charge >= 0.3 is 0 Å². The zero-order valence-corrected chi connectivity index (χ0v) is 12.2. The number of nitrogens with one attached hydrogen (secondary N) is 1. The fourth-order valence-corrected chi connectivity index (χ4v) is 2.61. The van der Waals surface area contributed by atoms with Crippen LogP contribution >= 0.6 is 55.1 Å². The highest BCUT2D eigenvalue weighted by Crippen LogP contribution is 2.33. The maximum absolute atomic E-state index is 11.3. The summed E-state index contributed by atoms with van der Waals surface area (Å²) in [6.45, 7) is 0. The van der Waals surface area contributed by atoms with Crippen LogP contribution in [0.15, 0.2) is 16.6 Å². The van der Waals surface area contributed by atoms with E-state index in [1.165, 1.54) is 0 Å². The van der Waals surface area contributed by atoms with E-state index < -0.39 is 0 Å². The van der Waals surface area contributed by atoms with Crippen molar-refractivity contribution in [1.29, 1.82) is 0 Å². The van der Waals surface area contributed by atoms with Crippen LogP contribution in [0.2, 0.25) is 10.0 Å². The van der Waals surface area contributed by atoms with Crippen molar-refractivity contribution in [3.8, 4) is 0 Å². The number of alkyl halides is 1.